The number of oxime groups is 1. The van der Waals surface area contributed by atoms with Crippen molar-refractivity contribution < 1.29 is 14.3 Å². The number of benzene rings is 1. The van der Waals surface area contributed by atoms with E-state index < -0.39 is 11.5 Å². The number of aromatic nitrogens is 3. The summed E-state index contributed by atoms with van der Waals surface area (Å²) < 4.78 is 15.8. The average molecular weight is 419 g/mol. The summed E-state index contributed by atoms with van der Waals surface area (Å²) in [4.78, 5) is 15.8. The normalized spacial score (nSPS) is 21.7. The highest BCUT2D eigenvalue weighted by molar-refractivity contribution is 6.03. The van der Waals surface area contributed by atoms with Crippen LogP contribution < -0.4 is 0 Å². The second-order valence-electron chi connectivity index (χ2n) is 7.78. The average Bonchev–Trinajstić information content (AvgIpc) is 3.39. The fourth-order valence-corrected chi connectivity index (χ4v) is 4.13. The number of piperidine rings is 1. The first-order chi connectivity index (χ1) is 15.1. The summed E-state index contributed by atoms with van der Waals surface area (Å²) in [5.41, 5.74) is 3.23. The number of fused-ring (bicyclic) bond motifs is 1. The molecule has 3 aromatic rings. The highest BCUT2D eigenvalue weighted by Gasteiger charge is 2.49. The zero-order chi connectivity index (χ0) is 21.4. The second kappa shape index (κ2) is 7.63. The van der Waals surface area contributed by atoms with Gasteiger partial charge in [0.2, 0.25) is 0 Å². The molecule has 5 rings (SSSR count). The maximum absolute atomic E-state index is 13.8. The quantitative estimate of drug-likeness (QED) is 0.702. The molecule has 1 saturated heterocycles. The number of aliphatic hydroxyl groups excluding tert-OH is 1. The van der Waals surface area contributed by atoms with Gasteiger partial charge in [0.15, 0.2) is 5.84 Å². The third-order valence-electron chi connectivity index (χ3n) is 5.70. The van der Waals surface area contributed by atoms with Gasteiger partial charge >= 0.3 is 0 Å². The lowest BCUT2D eigenvalue weighted by molar-refractivity contribution is -0.137. The lowest BCUT2D eigenvalue weighted by atomic mass is 9.95. The molecule has 158 valence electrons. The van der Waals surface area contributed by atoms with Crippen LogP contribution in [0.5, 0.6) is 0 Å². The summed E-state index contributed by atoms with van der Waals surface area (Å²) in [6.07, 6.45) is 10.2. The smallest absolute Gasteiger partial charge is 0.261 e. The molecule has 2 aliphatic rings. The van der Waals surface area contributed by atoms with Gasteiger partial charge in [-0.25, -0.2) is 9.37 Å². The van der Waals surface area contributed by atoms with Crippen LogP contribution in [0.25, 0.3) is 11.8 Å². The largest absolute Gasteiger partial charge is 0.390 e. The van der Waals surface area contributed by atoms with Crippen molar-refractivity contribution in [2.24, 2.45) is 5.16 Å². The number of hydrogen-bond acceptors (Lipinski definition) is 6. The van der Waals surface area contributed by atoms with Crippen LogP contribution in [-0.4, -0.2) is 43.5 Å². The van der Waals surface area contributed by atoms with Gasteiger partial charge in [0.05, 0.1) is 18.2 Å². The Labute approximate surface area is 179 Å². The van der Waals surface area contributed by atoms with E-state index in [-0.39, 0.29) is 6.61 Å². The summed E-state index contributed by atoms with van der Waals surface area (Å²) in [6, 6.07) is 9.50. The maximum atomic E-state index is 13.8. The minimum Gasteiger partial charge on any atom is -0.390 e. The molecule has 0 saturated carbocycles. The second-order valence-corrected chi connectivity index (χ2v) is 7.78. The van der Waals surface area contributed by atoms with Crippen molar-refractivity contribution in [1.29, 1.82) is 0 Å². The highest BCUT2D eigenvalue weighted by atomic mass is 19.1. The third kappa shape index (κ3) is 3.38. The topological polar surface area (TPSA) is 75.8 Å². The molecule has 0 radical (unpaired) electrons. The van der Waals surface area contributed by atoms with Crippen molar-refractivity contribution >= 4 is 11.9 Å². The number of rotatable bonds is 4. The van der Waals surface area contributed by atoms with E-state index in [1.807, 2.05) is 46.9 Å². The lowest BCUT2D eigenvalue weighted by Gasteiger charge is -2.38. The Morgan fingerprint density at radius 1 is 1.26 bits per heavy atom. The van der Waals surface area contributed by atoms with Crippen molar-refractivity contribution in [2.75, 3.05) is 13.2 Å². The van der Waals surface area contributed by atoms with Gasteiger partial charge in [-0.2, -0.15) is 0 Å². The van der Waals surface area contributed by atoms with Crippen LogP contribution in [0, 0.1) is 12.7 Å². The summed E-state index contributed by atoms with van der Waals surface area (Å²) in [6.45, 7) is 2.24. The van der Waals surface area contributed by atoms with Gasteiger partial charge in [0.1, 0.15) is 12.4 Å². The monoisotopic (exact) mass is 419 g/mol. The molecule has 1 fully saturated rings. The van der Waals surface area contributed by atoms with Gasteiger partial charge in [-0.05, 0) is 55.2 Å². The molecule has 0 spiro atoms. The molecule has 0 bridgehead atoms. The molecule has 7 nitrogen and oxygen atoms in total. The van der Waals surface area contributed by atoms with Crippen LogP contribution in [-0.2, 0) is 10.6 Å². The molecule has 0 aliphatic carbocycles. The molecule has 1 aromatic carbocycles. The number of hydrogen-bond donors (Lipinski definition) is 1. The number of aryl methyl sites for hydroxylation is 1. The Morgan fingerprint density at radius 2 is 2.10 bits per heavy atom. The van der Waals surface area contributed by atoms with Gasteiger partial charge in [-0.1, -0.05) is 17.3 Å². The first kappa shape index (κ1) is 19.4. The summed E-state index contributed by atoms with van der Waals surface area (Å²) in [7, 11) is 0. The first-order valence-electron chi connectivity index (χ1n) is 10.2. The summed E-state index contributed by atoms with van der Waals surface area (Å²) in [5, 5.41) is 14.5. The Hall–Kier alpha value is -3.52. The van der Waals surface area contributed by atoms with Crippen molar-refractivity contribution in [3.8, 4) is 5.69 Å². The summed E-state index contributed by atoms with van der Waals surface area (Å²) >= 11 is 0. The lowest BCUT2D eigenvalue weighted by Crippen LogP contribution is -2.51. The Kier molecular flexibility index (Phi) is 4.78. The zero-order valence-electron chi connectivity index (χ0n) is 17.1. The molecule has 1 atom stereocenters. The molecular weight excluding hydrogens is 397 g/mol. The predicted molar refractivity (Wildman–Crippen MR) is 114 cm³/mol. The highest BCUT2D eigenvalue weighted by Crippen LogP contribution is 2.40. The van der Waals surface area contributed by atoms with E-state index in [1.54, 1.807) is 6.33 Å². The van der Waals surface area contributed by atoms with E-state index in [0.29, 0.717) is 17.9 Å². The van der Waals surface area contributed by atoms with E-state index in [1.165, 1.54) is 12.3 Å². The van der Waals surface area contributed by atoms with Crippen molar-refractivity contribution in [3.05, 3.63) is 83.5 Å². The first-order valence-corrected chi connectivity index (χ1v) is 10.2. The zero-order valence-corrected chi connectivity index (χ0v) is 17.1. The fraction of sp³-hybridized carbons (Fsp3) is 0.261. The van der Waals surface area contributed by atoms with Crippen molar-refractivity contribution in [2.45, 2.75) is 25.5 Å². The number of aliphatic hydroxyl groups is 1. The van der Waals surface area contributed by atoms with E-state index in [2.05, 4.69) is 21.2 Å². The van der Waals surface area contributed by atoms with Crippen LogP contribution >= 0.6 is 0 Å². The number of halogens is 1. The molecular formula is C23H22FN5O2. The van der Waals surface area contributed by atoms with Gasteiger partial charge < -0.3 is 19.4 Å². The van der Waals surface area contributed by atoms with E-state index in [4.69, 9.17) is 4.84 Å². The van der Waals surface area contributed by atoms with Crippen LogP contribution in [0.1, 0.15) is 29.7 Å². The standard InChI is InChI=1S/C23H22FN5O2/c1-16-13-28(15-26-16)21-6-4-17(5-7-21)9-18-3-2-8-29-22(18)27-31-23(29,14-30)19-10-20(24)12-25-11-19/h4-7,9-13,15,30H,2-3,8,14H2,1H3/b18-9+. The molecule has 1 N–H and O–H groups in total. The Morgan fingerprint density at radius 3 is 2.81 bits per heavy atom. The van der Waals surface area contributed by atoms with Gasteiger partial charge in [0.25, 0.3) is 5.72 Å². The molecule has 2 aromatic heterocycles. The maximum Gasteiger partial charge on any atom is 0.261 e. The molecule has 8 heteroatoms. The van der Waals surface area contributed by atoms with Crippen LogP contribution in [0.3, 0.4) is 0 Å². The fourth-order valence-electron chi connectivity index (χ4n) is 4.13. The molecule has 31 heavy (non-hydrogen) atoms. The number of imidazole rings is 1. The molecule has 0 amide bonds. The Bertz CT molecular complexity index is 1170. The molecule has 2 aliphatic heterocycles. The van der Waals surface area contributed by atoms with Gasteiger partial charge in [-0.15, -0.1) is 0 Å². The van der Waals surface area contributed by atoms with E-state index >= 15 is 0 Å². The predicted octanol–water partition coefficient (Wildman–Crippen LogP) is 3.38. The third-order valence-corrected chi connectivity index (χ3v) is 5.70. The summed E-state index contributed by atoms with van der Waals surface area (Å²) in [5.74, 6) is 0.183. The molecule has 1 unspecified atom stereocenters. The van der Waals surface area contributed by atoms with Crippen LogP contribution in [0.2, 0.25) is 0 Å². The van der Waals surface area contributed by atoms with Crippen LogP contribution in [0.15, 0.2) is 66.0 Å². The van der Waals surface area contributed by atoms with Gasteiger partial charge in [-0.3, -0.25) is 4.98 Å². The minimum atomic E-state index is -1.26. The number of nitrogens with zero attached hydrogens (tertiary/aromatic N) is 5. The number of pyridine rings is 1. The van der Waals surface area contributed by atoms with Crippen molar-refractivity contribution in [1.82, 2.24) is 19.4 Å². The molecule has 4 heterocycles. The van der Waals surface area contributed by atoms with Gasteiger partial charge in [0, 0.05) is 30.2 Å². The SMILES string of the molecule is Cc1cn(-c2ccc(/C=C3\CCCN4C3=NOC4(CO)c3cncc(F)c3)cc2)cn1. The minimum absolute atomic E-state index is 0.364. The van der Waals surface area contributed by atoms with Crippen LogP contribution in [0.4, 0.5) is 4.39 Å². The Balaban J connectivity index is 1.43. The van der Waals surface area contributed by atoms with E-state index in [9.17, 15) is 9.50 Å². The van der Waals surface area contributed by atoms with E-state index in [0.717, 1.165) is 41.6 Å². The number of amidine groups is 1. The van der Waals surface area contributed by atoms with Crippen molar-refractivity contribution in [3.63, 3.8) is 0 Å².